The lowest BCUT2D eigenvalue weighted by Gasteiger charge is -2.13. The molecular weight excluding hydrogens is 330 g/mol. The molecule has 0 spiro atoms. The van der Waals surface area contributed by atoms with Crippen LogP contribution < -0.4 is 0 Å². The molecule has 1 heterocycles. The number of halogens is 1. The van der Waals surface area contributed by atoms with E-state index in [0.717, 1.165) is 10.9 Å². The topological polar surface area (TPSA) is 37.4 Å². The van der Waals surface area contributed by atoms with Crippen molar-refractivity contribution in [3.63, 3.8) is 0 Å². The highest BCUT2D eigenvalue weighted by Gasteiger charge is 2.51. The van der Waals surface area contributed by atoms with Crippen LogP contribution in [0.4, 0.5) is 0 Å². The minimum Gasteiger partial charge on any atom is -0.271 e. The number of carbonyl (C=O) groups is 2. The Labute approximate surface area is 130 Å². The number of carbonyl (C=O) groups excluding carboxylic acids is 2. The molecule has 4 heteroatoms. The monoisotopic (exact) mass is 341 g/mol. The SMILES string of the molecule is O=C1c2ccccc2C(=O)N1C1CC1c1ccc(Br)cc1. The fraction of sp³-hybridized carbons (Fsp3) is 0.176. The van der Waals surface area contributed by atoms with E-state index in [1.807, 2.05) is 24.3 Å². The van der Waals surface area contributed by atoms with Crippen LogP contribution in [0.15, 0.2) is 53.0 Å². The van der Waals surface area contributed by atoms with Crippen molar-refractivity contribution in [2.75, 3.05) is 0 Å². The van der Waals surface area contributed by atoms with Gasteiger partial charge in [0.05, 0.1) is 11.1 Å². The van der Waals surface area contributed by atoms with Gasteiger partial charge >= 0.3 is 0 Å². The van der Waals surface area contributed by atoms with Crippen molar-refractivity contribution in [1.29, 1.82) is 0 Å². The summed E-state index contributed by atoms with van der Waals surface area (Å²) in [5, 5.41) is 0. The number of amides is 2. The largest absolute Gasteiger partial charge is 0.271 e. The smallest absolute Gasteiger partial charge is 0.261 e. The van der Waals surface area contributed by atoms with Crippen molar-refractivity contribution < 1.29 is 9.59 Å². The van der Waals surface area contributed by atoms with E-state index in [-0.39, 0.29) is 23.8 Å². The van der Waals surface area contributed by atoms with Crippen LogP contribution in [0.1, 0.15) is 38.6 Å². The third-order valence-corrected chi connectivity index (χ3v) is 4.74. The van der Waals surface area contributed by atoms with Gasteiger partial charge in [0, 0.05) is 16.4 Å². The predicted molar refractivity (Wildman–Crippen MR) is 82.2 cm³/mol. The fourth-order valence-corrected chi connectivity index (χ4v) is 3.31. The first kappa shape index (κ1) is 12.8. The second-order valence-corrected chi connectivity index (χ2v) is 6.40. The highest BCUT2D eigenvalue weighted by Crippen LogP contribution is 2.47. The van der Waals surface area contributed by atoms with Gasteiger partial charge in [0.1, 0.15) is 0 Å². The van der Waals surface area contributed by atoms with Crippen molar-refractivity contribution >= 4 is 27.7 Å². The maximum Gasteiger partial charge on any atom is 0.261 e. The number of hydrogen-bond donors (Lipinski definition) is 0. The molecule has 104 valence electrons. The summed E-state index contributed by atoms with van der Waals surface area (Å²) in [6.07, 6.45) is 0.854. The molecule has 3 nitrogen and oxygen atoms in total. The van der Waals surface area contributed by atoms with Gasteiger partial charge in [-0.15, -0.1) is 0 Å². The molecule has 1 aliphatic heterocycles. The summed E-state index contributed by atoms with van der Waals surface area (Å²) in [5.74, 6) is -0.0410. The lowest BCUT2D eigenvalue weighted by Crippen LogP contribution is -2.32. The predicted octanol–water partition coefficient (Wildman–Crippen LogP) is 3.60. The number of benzene rings is 2. The fourth-order valence-electron chi connectivity index (χ4n) is 3.04. The maximum atomic E-state index is 12.4. The van der Waals surface area contributed by atoms with Crippen molar-refractivity contribution in [2.45, 2.75) is 18.4 Å². The molecule has 1 saturated carbocycles. The molecule has 0 bridgehead atoms. The Balaban J connectivity index is 1.61. The first-order valence-electron chi connectivity index (χ1n) is 6.89. The summed E-state index contributed by atoms with van der Waals surface area (Å²) in [6, 6.07) is 15.1. The van der Waals surface area contributed by atoms with Crippen LogP contribution in [-0.2, 0) is 0 Å². The Hall–Kier alpha value is -1.94. The molecule has 2 aliphatic rings. The standard InChI is InChI=1S/C17H12BrNO2/c18-11-7-5-10(6-8-11)14-9-15(14)19-16(20)12-3-1-2-4-13(12)17(19)21/h1-8,14-15H,9H2. The molecule has 4 rings (SSSR count). The van der Waals surface area contributed by atoms with Gasteiger partial charge in [-0.05, 0) is 36.2 Å². The van der Waals surface area contributed by atoms with E-state index in [1.54, 1.807) is 24.3 Å². The Kier molecular flexibility index (Phi) is 2.76. The molecule has 2 unspecified atom stereocenters. The van der Waals surface area contributed by atoms with Crippen LogP contribution in [0.2, 0.25) is 0 Å². The molecule has 0 aromatic heterocycles. The van der Waals surface area contributed by atoms with Gasteiger partial charge in [-0.2, -0.15) is 0 Å². The van der Waals surface area contributed by atoms with Gasteiger partial charge in [-0.25, -0.2) is 0 Å². The zero-order valence-electron chi connectivity index (χ0n) is 11.1. The van der Waals surface area contributed by atoms with Crippen LogP contribution in [0, 0.1) is 0 Å². The molecular formula is C17H12BrNO2. The van der Waals surface area contributed by atoms with Crippen LogP contribution in [0.5, 0.6) is 0 Å². The number of imide groups is 1. The van der Waals surface area contributed by atoms with E-state index < -0.39 is 0 Å². The quantitative estimate of drug-likeness (QED) is 0.782. The summed E-state index contributed by atoms with van der Waals surface area (Å²) >= 11 is 3.42. The molecule has 0 saturated heterocycles. The average molecular weight is 342 g/mol. The van der Waals surface area contributed by atoms with Gasteiger partial charge in [-0.3, -0.25) is 14.5 Å². The lowest BCUT2D eigenvalue weighted by molar-refractivity contribution is 0.0639. The average Bonchev–Trinajstić information content (AvgIpc) is 3.23. The van der Waals surface area contributed by atoms with Gasteiger partial charge < -0.3 is 0 Å². The second kappa shape index (κ2) is 4.53. The molecule has 1 fully saturated rings. The molecule has 2 amide bonds. The van der Waals surface area contributed by atoms with E-state index in [0.29, 0.717) is 11.1 Å². The molecule has 21 heavy (non-hydrogen) atoms. The normalized spacial score (nSPS) is 23.4. The first-order valence-corrected chi connectivity index (χ1v) is 7.68. The van der Waals surface area contributed by atoms with Crippen molar-refractivity contribution in [3.05, 3.63) is 69.7 Å². The highest BCUT2D eigenvalue weighted by molar-refractivity contribution is 9.10. The van der Waals surface area contributed by atoms with Gasteiger partial charge in [0.2, 0.25) is 0 Å². The van der Waals surface area contributed by atoms with Crippen LogP contribution >= 0.6 is 15.9 Å². The zero-order valence-corrected chi connectivity index (χ0v) is 12.7. The van der Waals surface area contributed by atoms with Crippen LogP contribution in [-0.4, -0.2) is 22.8 Å². The molecule has 2 atom stereocenters. The Morgan fingerprint density at radius 3 is 2.05 bits per heavy atom. The minimum absolute atomic E-state index is 0.00132. The number of rotatable bonds is 2. The van der Waals surface area contributed by atoms with Gasteiger partial charge in [0.15, 0.2) is 0 Å². The molecule has 0 N–H and O–H groups in total. The van der Waals surface area contributed by atoms with Crippen LogP contribution in [0.25, 0.3) is 0 Å². The minimum atomic E-state index is -0.153. The number of hydrogen-bond acceptors (Lipinski definition) is 2. The Morgan fingerprint density at radius 2 is 1.48 bits per heavy atom. The number of fused-ring (bicyclic) bond motifs is 1. The summed E-state index contributed by atoms with van der Waals surface area (Å²) in [6.45, 7) is 0. The second-order valence-electron chi connectivity index (χ2n) is 5.49. The summed E-state index contributed by atoms with van der Waals surface area (Å²) in [4.78, 5) is 26.3. The maximum absolute atomic E-state index is 12.4. The Morgan fingerprint density at radius 1 is 0.905 bits per heavy atom. The molecule has 1 aliphatic carbocycles. The van der Waals surface area contributed by atoms with Crippen molar-refractivity contribution in [3.8, 4) is 0 Å². The van der Waals surface area contributed by atoms with E-state index in [9.17, 15) is 9.59 Å². The molecule has 2 aromatic carbocycles. The van der Waals surface area contributed by atoms with E-state index in [1.165, 1.54) is 10.5 Å². The van der Waals surface area contributed by atoms with Crippen molar-refractivity contribution in [2.24, 2.45) is 0 Å². The van der Waals surface area contributed by atoms with E-state index >= 15 is 0 Å². The van der Waals surface area contributed by atoms with Crippen LogP contribution in [0.3, 0.4) is 0 Å². The summed E-state index contributed by atoms with van der Waals surface area (Å²) in [7, 11) is 0. The van der Waals surface area contributed by atoms with Gasteiger partial charge in [-0.1, -0.05) is 40.2 Å². The lowest BCUT2D eigenvalue weighted by atomic mass is 10.1. The van der Waals surface area contributed by atoms with Gasteiger partial charge in [0.25, 0.3) is 11.8 Å². The van der Waals surface area contributed by atoms with Crippen molar-refractivity contribution in [1.82, 2.24) is 4.90 Å². The van der Waals surface area contributed by atoms with E-state index in [2.05, 4.69) is 15.9 Å². The first-order chi connectivity index (χ1) is 10.2. The van der Waals surface area contributed by atoms with E-state index in [4.69, 9.17) is 0 Å². The summed E-state index contributed by atoms with van der Waals surface area (Å²) in [5.41, 5.74) is 2.24. The third kappa shape index (κ3) is 1.94. The number of nitrogens with zero attached hydrogens (tertiary/aromatic N) is 1. The Bertz CT molecular complexity index is 719. The zero-order chi connectivity index (χ0) is 14.6. The third-order valence-electron chi connectivity index (χ3n) is 4.21. The summed E-state index contributed by atoms with van der Waals surface area (Å²) < 4.78 is 1.03. The molecule has 0 radical (unpaired) electrons. The highest BCUT2D eigenvalue weighted by atomic mass is 79.9. The molecule has 2 aromatic rings.